The van der Waals surface area contributed by atoms with Crippen LogP contribution in [0.15, 0.2) is 11.6 Å². The highest BCUT2D eigenvalue weighted by atomic mass is 16.2. The van der Waals surface area contributed by atoms with Gasteiger partial charge in [-0.1, -0.05) is 13.0 Å². The lowest BCUT2D eigenvalue weighted by Gasteiger charge is -2.28. The van der Waals surface area contributed by atoms with Crippen LogP contribution >= 0.6 is 0 Å². The Morgan fingerprint density at radius 2 is 1.94 bits per heavy atom. The zero-order valence-corrected chi connectivity index (χ0v) is 10.1. The highest BCUT2D eigenvalue weighted by molar-refractivity contribution is 6.19. The van der Waals surface area contributed by atoms with Gasteiger partial charge in [0.15, 0.2) is 5.78 Å². The van der Waals surface area contributed by atoms with Gasteiger partial charge in [0.25, 0.3) is 5.91 Å². The molecule has 0 bridgehead atoms. The molecule has 1 rings (SSSR count). The molecule has 0 spiro atoms. The van der Waals surface area contributed by atoms with Crippen molar-refractivity contribution in [3.05, 3.63) is 11.6 Å². The van der Waals surface area contributed by atoms with Crippen LogP contribution < -0.4 is 5.32 Å². The molecule has 0 atom stereocenters. The van der Waals surface area contributed by atoms with E-state index in [1.165, 1.54) is 0 Å². The van der Waals surface area contributed by atoms with Crippen molar-refractivity contribution in [2.24, 2.45) is 0 Å². The molecule has 0 saturated carbocycles. The van der Waals surface area contributed by atoms with Crippen LogP contribution in [0.25, 0.3) is 0 Å². The van der Waals surface area contributed by atoms with Crippen LogP contribution in [0.2, 0.25) is 0 Å². The average Bonchev–Trinajstić information content (AvgIpc) is 2.31. The van der Waals surface area contributed by atoms with Crippen molar-refractivity contribution < 1.29 is 9.59 Å². The van der Waals surface area contributed by atoms with Crippen molar-refractivity contribution >= 4 is 11.7 Å². The molecule has 0 aromatic carbocycles. The lowest BCUT2D eigenvalue weighted by Crippen LogP contribution is -2.47. The summed E-state index contributed by atoms with van der Waals surface area (Å²) in [7, 11) is 0. The number of nitrogens with zero attached hydrogens (tertiary/aromatic N) is 1. The molecular weight excluding hydrogens is 204 g/mol. The van der Waals surface area contributed by atoms with Crippen molar-refractivity contribution in [3.8, 4) is 0 Å². The van der Waals surface area contributed by atoms with E-state index in [1.54, 1.807) is 17.9 Å². The number of ketones is 1. The first kappa shape index (κ1) is 12.9. The predicted octanol–water partition coefficient (Wildman–Crippen LogP) is 0.734. The Labute approximate surface area is 96.7 Å². The van der Waals surface area contributed by atoms with Gasteiger partial charge >= 0.3 is 0 Å². The maximum atomic E-state index is 12.1. The third-order valence-electron chi connectivity index (χ3n) is 2.70. The van der Waals surface area contributed by atoms with Crippen LogP contribution in [-0.2, 0) is 9.59 Å². The molecule has 90 valence electrons. The minimum absolute atomic E-state index is 0.0338. The second-order valence-corrected chi connectivity index (χ2v) is 3.92. The van der Waals surface area contributed by atoms with Crippen molar-refractivity contribution in [1.29, 1.82) is 0 Å². The van der Waals surface area contributed by atoms with E-state index in [-0.39, 0.29) is 11.7 Å². The van der Waals surface area contributed by atoms with Crippen LogP contribution in [0.4, 0.5) is 0 Å². The molecule has 0 aliphatic carbocycles. The Morgan fingerprint density at radius 1 is 1.31 bits per heavy atom. The highest BCUT2D eigenvalue weighted by Crippen LogP contribution is 2.08. The molecule has 1 aliphatic heterocycles. The second kappa shape index (κ2) is 6.43. The van der Waals surface area contributed by atoms with Gasteiger partial charge in [-0.05, 0) is 13.3 Å². The summed E-state index contributed by atoms with van der Waals surface area (Å²) < 4.78 is 0. The largest absolute Gasteiger partial charge is 0.336 e. The maximum absolute atomic E-state index is 12.1. The van der Waals surface area contributed by atoms with Crippen LogP contribution in [0, 0.1) is 0 Å². The number of piperazine rings is 1. The van der Waals surface area contributed by atoms with E-state index in [0.29, 0.717) is 25.1 Å². The molecule has 0 radical (unpaired) electrons. The smallest absolute Gasteiger partial charge is 0.257 e. The fourth-order valence-electron chi connectivity index (χ4n) is 1.80. The van der Waals surface area contributed by atoms with Crippen LogP contribution in [0.3, 0.4) is 0 Å². The van der Waals surface area contributed by atoms with Crippen LogP contribution in [0.1, 0.15) is 26.7 Å². The first-order valence-corrected chi connectivity index (χ1v) is 5.90. The Hall–Kier alpha value is -1.16. The maximum Gasteiger partial charge on any atom is 0.257 e. The van der Waals surface area contributed by atoms with Crippen molar-refractivity contribution in [3.63, 3.8) is 0 Å². The third kappa shape index (κ3) is 3.17. The Bertz CT molecular complexity index is 291. The van der Waals surface area contributed by atoms with Gasteiger partial charge in [-0.3, -0.25) is 9.59 Å². The summed E-state index contributed by atoms with van der Waals surface area (Å²) in [6.45, 7) is 6.70. The number of hydrogen-bond donors (Lipinski definition) is 1. The fraction of sp³-hybridized carbons (Fsp3) is 0.667. The summed E-state index contributed by atoms with van der Waals surface area (Å²) in [6, 6.07) is 0. The van der Waals surface area contributed by atoms with E-state index in [2.05, 4.69) is 5.32 Å². The molecule has 0 aromatic heterocycles. The van der Waals surface area contributed by atoms with E-state index in [4.69, 9.17) is 0 Å². The molecule has 16 heavy (non-hydrogen) atoms. The van der Waals surface area contributed by atoms with E-state index < -0.39 is 0 Å². The number of nitrogens with one attached hydrogen (secondary N) is 1. The Kier molecular flexibility index (Phi) is 5.19. The number of hydrogen-bond acceptors (Lipinski definition) is 3. The normalized spacial score (nSPS) is 17.4. The summed E-state index contributed by atoms with van der Waals surface area (Å²) in [6.07, 6.45) is 2.88. The summed E-state index contributed by atoms with van der Waals surface area (Å²) in [5, 5.41) is 3.18. The second-order valence-electron chi connectivity index (χ2n) is 3.92. The molecule has 4 nitrogen and oxygen atoms in total. The van der Waals surface area contributed by atoms with Crippen LogP contribution in [-0.4, -0.2) is 42.8 Å². The summed E-state index contributed by atoms with van der Waals surface area (Å²) in [5.74, 6) is -0.143. The molecule has 1 aliphatic rings. The average molecular weight is 224 g/mol. The van der Waals surface area contributed by atoms with Gasteiger partial charge in [0, 0.05) is 32.6 Å². The topological polar surface area (TPSA) is 49.4 Å². The molecule has 0 unspecified atom stereocenters. The van der Waals surface area contributed by atoms with E-state index in [9.17, 15) is 9.59 Å². The Balaban J connectivity index is 2.65. The lowest BCUT2D eigenvalue weighted by molar-refractivity contribution is -0.130. The molecule has 1 amide bonds. The lowest BCUT2D eigenvalue weighted by atomic mass is 10.1. The van der Waals surface area contributed by atoms with Crippen molar-refractivity contribution in [1.82, 2.24) is 10.2 Å². The SMILES string of the molecule is CC=C(C(=O)CCC)C(=O)N1CCNCC1. The number of rotatable bonds is 4. The highest BCUT2D eigenvalue weighted by Gasteiger charge is 2.23. The number of carbonyl (C=O) groups excluding carboxylic acids is 2. The zero-order valence-electron chi connectivity index (χ0n) is 10.1. The third-order valence-corrected chi connectivity index (χ3v) is 2.70. The molecule has 4 heteroatoms. The van der Waals surface area contributed by atoms with Crippen molar-refractivity contribution in [2.75, 3.05) is 26.2 Å². The predicted molar refractivity (Wildman–Crippen MR) is 63.1 cm³/mol. The van der Waals surface area contributed by atoms with Crippen molar-refractivity contribution in [2.45, 2.75) is 26.7 Å². The number of Topliss-reactive ketones (excluding diaryl/α,β-unsaturated/α-hetero) is 1. The minimum Gasteiger partial charge on any atom is -0.336 e. The molecular formula is C12H20N2O2. The molecule has 1 N–H and O–H groups in total. The zero-order chi connectivity index (χ0) is 12.0. The number of amides is 1. The first-order chi connectivity index (χ1) is 7.70. The van der Waals surface area contributed by atoms with E-state index in [0.717, 1.165) is 19.5 Å². The molecule has 1 heterocycles. The van der Waals surface area contributed by atoms with E-state index >= 15 is 0 Å². The van der Waals surface area contributed by atoms with Gasteiger partial charge in [-0.15, -0.1) is 0 Å². The summed E-state index contributed by atoms with van der Waals surface area (Å²) in [5.41, 5.74) is 0.351. The summed E-state index contributed by atoms with van der Waals surface area (Å²) >= 11 is 0. The summed E-state index contributed by atoms with van der Waals surface area (Å²) in [4.78, 5) is 25.5. The number of allylic oxidation sites excluding steroid dienone is 1. The van der Waals surface area contributed by atoms with Gasteiger partial charge < -0.3 is 10.2 Å². The quantitative estimate of drug-likeness (QED) is 0.435. The van der Waals surface area contributed by atoms with Crippen LogP contribution in [0.5, 0.6) is 0 Å². The fourth-order valence-corrected chi connectivity index (χ4v) is 1.80. The first-order valence-electron chi connectivity index (χ1n) is 5.90. The van der Waals surface area contributed by atoms with Gasteiger partial charge in [0.1, 0.15) is 0 Å². The molecule has 1 saturated heterocycles. The molecule has 0 aromatic rings. The van der Waals surface area contributed by atoms with Gasteiger partial charge in [0.2, 0.25) is 0 Å². The number of carbonyl (C=O) groups is 2. The van der Waals surface area contributed by atoms with Gasteiger partial charge in [-0.25, -0.2) is 0 Å². The Morgan fingerprint density at radius 3 is 2.44 bits per heavy atom. The monoisotopic (exact) mass is 224 g/mol. The standard InChI is InChI=1S/C12H20N2O2/c1-3-5-11(15)10(4-2)12(16)14-8-6-13-7-9-14/h4,13H,3,5-9H2,1-2H3. The van der Waals surface area contributed by atoms with E-state index in [1.807, 2.05) is 6.92 Å². The van der Waals surface area contributed by atoms with Gasteiger partial charge in [-0.2, -0.15) is 0 Å². The minimum atomic E-state index is -0.109. The van der Waals surface area contributed by atoms with Gasteiger partial charge in [0.05, 0.1) is 5.57 Å². The molecule has 1 fully saturated rings.